The number of anilines is 1. The fraction of sp³-hybridized carbons (Fsp3) is 0.312. The molecule has 0 unspecified atom stereocenters. The summed E-state index contributed by atoms with van der Waals surface area (Å²) in [6.07, 6.45) is -0.532. The number of nitrogens with zero attached hydrogens (tertiary/aromatic N) is 1. The molecule has 1 fully saturated rings. The standard InChI is InChI=1S/C16H16F3N3O2/c17-16(18,19)24-13-3-1-2-12(8-13)22-7-5-14(15(22)23)21-10-11-4-6-20-9-11/h1-4,6,8-9,14,20-21H,5,7,10H2/t14-/m0/s1. The second-order valence-corrected chi connectivity index (χ2v) is 5.48. The number of rotatable bonds is 5. The molecule has 1 atom stereocenters. The van der Waals surface area contributed by atoms with Gasteiger partial charge < -0.3 is 19.9 Å². The lowest BCUT2D eigenvalue weighted by molar-refractivity contribution is -0.274. The number of aromatic nitrogens is 1. The molecule has 2 heterocycles. The molecule has 0 aliphatic carbocycles. The van der Waals surface area contributed by atoms with Gasteiger partial charge in [0.2, 0.25) is 5.91 Å². The average Bonchev–Trinajstić information content (AvgIpc) is 3.13. The Labute approximate surface area is 136 Å². The Morgan fingerprint density at radius 3 is 2.88 bits per heavy atom. The van der Waals surface area contributed by atoms with Gasteiger partial charge >= 0.3 is 6.36 Å². The van der Waals surface area contributed by atoms with Crippen molar-refractivity contribution >= 4 is 11.6 Å². The number of benzene rings is 1. The first-order valence-corrected chi connectivity index (χ1v) is 7.44. The van der Waals surface area contributed by atoms with Crippen LogP contribution in [0.1, 0.15) is 12.0 Å². The van der Waals surface area contributed by atoms with Crippen LogP contribution >= 0.6 is 0 Å². The summed E-state index contributed by atoms with van der Waals surface area (Å²) in [5, 5.41) is 3.16. The van der Waals surface area contributed by atoms with Crippen LogP contribution in [0.15, 0.2) is 42.7 Å². The molecule has 1 aliphatic rings. The van der Waals surface area contributed by atoms with Crippen LogP contribution in [0.25, 0.3) is 0 Å². The van der Waals surface area contributed by atoms with Gasteiger partial charge in [-0.05, 0) is 30.2 Å². The zero-order valence-electron chi connectivity index (χ0n) is 12.6. The zero-order chi connectivity index (χ0) is 17.2. The van der Waals surface area contributed by atoms with Crippen LogP contribution in [0, 0.1) is 0 Å². The van der Waals surface area contributed by atoms with Gasteiger partial charge in [-0.15, -0.1) is 13.2 Å². The lowest BCUT2D eigenvalue weighted by atomic mass is 10.2. The molecule has 1 aliphatic heterocycles. The molecule has 2 aromatic rings. The molecule has 1 amide bonds. The highest BCUT2D eigenvalue weighted by Crippen LogP contribution is 2.29. The number of alkyl halides is 3. The lowest BCUT2D eigenvalue weighted by Crippen LogP contribution is -2.37. The first-order valence-electron chi connectivity index (χ1n) is 7.44. The lowest BCUT2D eigenvalue weighted by Gasteiger charge is -2.18. The van der Waals surface area contributed by atoms with E-state index >= 15 is 0 Å². The number of amides is 1. The summed E-state index contributed by atoms with van der Waals surface area (Å²) >= 11 is 0. The van der Waals surface area contributed by atoms with Gasteiger partial charge in [-0.2, -0.15) is 0 Å². The Kier molecular flexibility index (Phi) is 4.48. The molecule has 0 bridgehead atoms. The van der Waals surface area contributed by atoms with E-state index in [0.29, 0.717) is 25.2 Å². The highest BCUT2D eigenvalue weighted by molar-refractivity contribution is 5.99. The van der Waals surface area contributed by atoms with Gasteiger partial charge in [0.1, 0.15) is 5.75 Å². The van der Waals surface area contributed by atoms with Crippen molar-refractivity contribution < 1.29 is 22.7 Å². The van der Waals surface area contributed by atoms with Crippen molar-refractivity contribution in [3.8, 4) is 5.75 Å². The monoisotopic (exact) mass is 339 g/mol. The molecule has 128 valence electrons. The van der Waals surface area contributed by atoms with Crippen molar-refractivity contribution in [3.63, 3.8) is 0 Å². The third kappa shape index (κ3) is 3.88. The van der Waals surface area contributed by atoms with E-state index in [1.165, 1.54) is 23.1 Å². The van der Waals surface area contributed by atoms with Crippen molar-refractivity contribution in [2.24, 2.45) is 0 Å². The summed E-state index contributed by atoms with van der Waals surface area (Å²) in [5.74, 6) is -0.494. The SMILES string of the molecule is O=C1[C@@H](NCc2cc[nH]c2)CCN1c1cccc(OC(F)(F)F)c1. The topological polar surface area (TPSA) is 57.4 Å². The minimum atomic E-state index is -4.76. The van der Waals surface area contributed by atoms with Crippen LogP contribution in [0.2, 0.25) is 0 Å². The number of carbonyl (C=O) groups excluding carboxylic acids is 1. The summed E-state index contributed by atoms with van der Waals surface area (Å²) in [6, 6.07) is 7.01. The molecule has 1 saturated heterocycles. The van der Waals surface area contributed by atoms with Crippen LogP contribution < -0.4 is 15.0 Å². The third-order valence-electron chi connectivity index (χ3n) is 3.78. The Morgan fingerprint density at radius 2 is 2.17 bits per heavy atom. The predicted octanol–water partition coefficient (Wildman–Crippen LogP) is 2.81. The van der Waals surface area contributed by atoms with E-state index < -0.39 is 6.36 Å². The van der Waals surface area contributed by atoms with Gasteiger partial charge in [0.05, 0.1) is 6.04 Å². The molecule has 24 heavy (non-hydrogen) atoms. The molecule has 1 aromatic heterocycles. The zero-order valence-corrected chi connectivity index (χ0v) is 12.6. The molecule has 0 radical (unpaired) electrons. The fourth-order valence-electron chi connectivity index (χ4n) is 2.68. The van der Waals surface area contributed by atoms with E-state index in [9.17, 15) is 18.0 Å². The number of hydrogen-bond acceptors (Lipinski definition) is 3. The van der Waals surface area contributed by atoms with Crippen LogP contribution in [-0.2, 0) is 11.3 Å². The van der Waals surface area contributed by atoms with Crippen LogP contribution in [0.3, 0.4) is 0 Å². The van der Waals surface area contributed by atoms with Crippen molar-refractivity contribution in [2.75, 3.05) is 11.4 Å². The van der Waals surface area contributed by atoms with Gasteiger partial charge in [-0.1, -0.05) is 6.07 Å². The summed E-state index contributed by atoms with van der Waals surface area (Å²) in [6.45, 7) is 0.990. The smallest absolute Gasteiger partial charge is 0.406 e. The van der Waals surface area contributed by atoms with Gasteiger partial charge in [0.25, 0.3) is 0 Å². The van der Waals surface area contributed by atoms with E-state index in [-0.39, 0.29) is 17.7 Å². The maximum absolute atomic E-state index is 12.5. The first-order chi connectivity index (χ1) is 11.4. The maximum atomic E-state index is 12.5. The van der Waals surface area contributed by atoms with Crippen molar-refractivity contribution in [1.82, 2.24) is 10.3 Å². The normalized spacial score (nSPS) is 18.2. The van der Waals surface area contributed by atoms with Crippen LogP contribution in [0.4, 0.5) is 18.9 Å². The Balaban J connectivity index is 1.65. The number of carbonyl (C=O) groups is 1. The van der Waals surface area contributed by atoms with Gasteiger partial charge in [0.15, 0.2) is 0 Å². The van der Waals surface area contributed by atoms with Crippen LogP contribution in [0.5, 0.6) is 5.75 Å². The van der Waals surface area contributed by atoms with Gasteiger partial charge in [-0.25, -0.2) is 0 Å². The molecule has 1 aromatic carbocycles. The molecular weight excluding hydrogens is 323 g/mol. The average molecular weight is 339 g/mol. The minimum Gasteiger partial charge on any atom is -0.406 e. The summed E-state index contributed by atoms with van der Waals surface area (Å²) in [4.78, 5) is 16.9. The summed E-state index contributed by atoms with van der Waals surface area (Å²) in [5.41, 5.74) is 1.43. The molecule has 3 rings (SSSR count). The Hall–Kier alpha value is -2.48. The van der Waals surface area contributed by atoms with Crippen molar-refractivity contribution in [3.05, 3.63) is 48.3 Å². The van der Waals surface area contributed by atoms with Gasteiger partial charge in [0, 0.05) is 37.2 Å². The van der Waals surface area contributed by atoms with E-state index in [4.69, 9.17) is 0 Å². The number of halogens is 3. The van der Waals surface area contributed by atoms with E-state index in [2.05, 4.69) is 15.0 Å². The second kappa shape index (κ2) is 6.56. The summed E-state index contributed by atoms with van der Waals surface area (Å²) < 4.78 is 40.8. The number of hydrogen-bond donors (Lipinski definition) is 2. The van der Waals surface area contributed by atoms with Crippen molar-refractivity contribution in [2.45, 2.75) is 25.4 Å². The Bertz CT molecular complexity index is 701. The van der Waals surface area contributed by atoms with E-state index in [1.807, 2.05) is 12.3 Å². The van der Waals surface area contributed by atoms with E-state index in [1.54, 1.807) is 12.3 Å². The number of H-pyrrole nitrogens is 1. The summed E-state index contributed by atoms with van der Waals surface area (Å²) in [7, 11) is 0. The molecule has 0 spiro atoms. The minimum absolute atomic E-state index is 0.158. The quantitative estimate of drug-likeness (QED) is 0.881. The van der Waals surface area contributed by atoms with Crippen molar-refractivity contribution in [1.29, 1.82) is 0 Å². The van der Waals surface area contributed by atoms with E-state index in [0.717, 1.165) is 5.56 Å². The van der Waals surface area contributed by atoms with Gasteiger partial charge in [-0.3, -0.25) is 4.79 Å². The molecule has 0 saturated carbocycles. The maximum Gasteiger partial charge on any atom is 0.573 e. The number of ether oxygens (including phenoxy) is 1. The second-order valence-electron chi connectivity index (χ2n) is 5.48. The Morgan fingerprint density at radius 1 is 1.33 bits per heavy atom. The predicted molar refractivity (Wildman–Crippen MR) is 81.5 cm³/mol. The molecular formula is C16H16F3N3O2. The third-order valence-corrected chi connectivity index (χ3v) is 3.78. The fourth-order valence-corrected chi connectivity index (χ4v) is 2.68. The highest BCUT2D eigenvalue weighted by Gasteiger charge is 2.34. The highest BCUT2D eigenvalue weighted by atomic mass is 19.4. The number of aromatic amines is 1. The number of nitrogens with one attached hydrogen (secondary N) is 2. The van der Waals surface area contributed by atoms with Crippen LogP contribution in [-0.4, -0.2) is 29.8 Å². The molecule has 2 N–H and O–H groups in total. The molecule has 5 nitrogen and oxygen atoms in total. The largest absolute Gasteiger partial charge is 0.573 e. The first kappa shape index (κ1) is 16.4. The molecule has 8 heteroatoms.